The predicted molar refractivity (Wildman–Crippen MR) is 107 cm³/mol. The molecular weight excluding hydrogens is 356 g/mol. The van der Waals surface area contributed by atoms with E-state index in [1.807, 2.05) is 0 Å². The van der Waals surface area contributed by atoms with Gasteiger partial charge in [0.15, 0.2) is 0 Å². The van der Waals surface area contributed by atoms with Crippen LogP contribution in [0.15, 0.2) is 48.5 Å². The average molecular weight is 378 g/mol. The molecule has 2 bridgehead atoms. The number of amides is 2. The van der Waals surface area contributed by atoms with Gasteiger partial charge < -0.3 is 10.2 Å². The lowest BCUT2D eigenvalue weighted by Gasteiger charge is -2.45. The number of hydrogen-bond acceptors (Lipinski definition) is 3. The molecule has 0 saturated carbocycles. The molecule has 1 heterocycles. The second-order valence-electron chi connectivity index (χ2n) is 7.66. The van der Waals surface area contributed by atoms with Crippen LogP contribution in [-0.4, -0.2) is 41.4 Å². The third-order valence-corrected chi connectivity index (χ3v) is 7.09. The predicted octanol–water partition coefficient (Wildman–Crippen LogP) is 2.93. The van der Waals surface area contributed by atoms with E-state index in [-0.39, 0.29) is 18.4 Å². The van der Waals surface area contributed by atoms with Gasteiger partial charge in [-0.2, -0.15) is 0 Å². The number of hydrogen-bond donors (Lipinski definition) is 1. The van der Waals surface area contributed by atoms with Crippen LogP contribution >= 0.6 is 11.8 Å². The van der Waals surface area contributed by atoms with Crippen LogP contribution in [0.4, 0.5) is 0 Å². The van der Waals surface area contributed by atoms with Crippen LogP contribution in [0.25, 0.3) is 0 Å². The van der Waals surface area contributed by atoms with E-state index < -0.39 is 0 Å². The number of fused-ring (bicyclic) bond motifs is 1. The smallest absolute Gasteiger partial charge is 0.239 e. The summed E-state index contributed by atoms with van der Waals surface area (Å²) in [4.78, 5) is 25.7. The van der Waals surface area contributed by atoms with E-state index in [4.69, 9.17) is 0 Å². The van der Waals surface area contributed by atoms with Crippen molar-refractivity contribution in [3.8, 4) is 0 Å². The second-order valence-corrected chi connectivity index (χ2v) is 8.61. The second kappa shape index (κ2) is 6.71. The zero-order valence-electron chi connectivity index (χ0n) is 15.1. The normalized spacial score (nSPS) is 25.3. The summed E-state index contributed by atoms with van der Waals surface area (Å²) < 4.78 is 0. The molecule has 2 aromatic carbocycles. The Balaban J connectivity index is 1.35. The Morgan fingerprint density at radius 3 is 2.26 bits per heavy atom. The number of nitrogens with one attached hydrogen (secondary N) is 1. The van der Waals surface area contributed by atoms with Crippen molar-refractivity contribution in [3.05, 3.63) is 70.8 Å². The van der Waals surface area contributed by atoms with Gasteiger partial charge in [-0.1, -0.05) is 48.5 Å². The zero-order valence-corrected chi connectivity index (χ0v) is 15.9. The summed E-state index contributed by atoms with van der Waals surface area (Å²) in [6.07, 6.45) is 1.07. The van der Waals surface area contributed by atoms with E-state index in [2.05, 4.69) is 53.8 Å². The molecule has 4 aliphatic rings. The number of benzene rings is 2. The minimum absolute atomic E-state index is 0.0473. The van der Waals surface area contributed by atoms with E-state index >= 15 is 0 Å². The summed E-state index contributed by atoms with van der Waals surface area (Å²) in [6, 6.07) is 17.5. The number of nitrogens with zero attached hydrogens (tertiary/aromatic N) is 1. The topological polar surface area (TPSA) is 49.4 Å². The molecular formula is C22H22N2O2S. The van der Waals surface area contributed by atoms with Crippen molar-refractivity contribution in [3.63, 3.8) is 0 Å². The Morgan fingerprint density at radius 2 is 1.67 bits per heavy atom. The Bertz CT molecular complexity index is 865. The Hall–Kier alpha value is -2.27. The maximum atomic E-state index is 12.4. The van der Waals surface area contributed by atoms with Gasteiger partial charge in [-0.05, 0) is 34.6 Å². The van der Waals surface area contributed by atoms with Gasteiger partial charge in [0.25, 0.3) is 0 Å². The van der Waals surface area contributed by atoms with Crippen LogP contribution in [0.2, 0.25) is 0 Å². The maximum Gasteiger partial charge on any atom is 0.239 e. The SMILES string of the molecule is O=C(CN1CSCC1=O)NC[C@@H]1CC2c3ccccc3C1c1ccccc12. The quantitative estimate of drug-likeness (QED) is 0.890. The molecule has 2 aromatic rings. The summed E-state index contributed by atoms with van der Waals surface area (Å²) in [5.74, 6) is 2.29. The van der Waals surface area contributed by atoms with Crippen LogP contribution in [0.5, 0.6) is 0 Å². The van der Waals surface area contributed by atoms with Crippen LogP contribution in [0.1, 0.15) is 40.5 Å². The van der Waals surface area contributed by atoms with Crippen LogP contribution in [-0.2, 0) is 9.59 Å². The fourth-order valence-electron chi connectivity index (χ4n) is 4.97. The Kier molecular flexibility index (Phi) is 4.20. The fraction of sp³-hybridized carbons (Fsp3) is 0.364. The lowest BCUT2D eigenvalue weighted by atomic mass is 9.59. The van der Waals surface area contributed by atoms with E-state index in [9.17, 15) is 9.59 Å². The third kappa shape index (κ3) is 2.85. The molecule has 1 saturated heterocycles. The first kappa shape index (κ1) is 16.9. The summed E-state index contributed by atoms with van der Waals surface area (Å²) in [7, 11) is 0. The van der Waals surface area contributed by atoms with Gasteiger partial charge in [0.1, 0.15) is 6.54 Å². The van der Waals surface area contributed by atoms with E-state index in [0.29, 0.717) is 35.9 Å². The summed E-state index contributed by atoms with van der Waals surface area (Å²) in [5, 5.41) is 3.10. The molecule has 2 amide bonds. The highest BCUT2D eigenvalue weighted by atomic mass is 32.2. The Labute approximate surface area is 163 Å². The monoisotopic (exact) mass is 378 g/mol. The van der Waals surface area contributed by atoms with Crippen molar-refractivity contribution in [1.29, 1.82) is 0 Å². The van der Waals surface area contributed by atoms with Gasteiger partial charge in [-0.3, -0.25) is 9.59 Å². The number of rotatable bonds is 4. The Morgan fingerprint density at radius 1 is 1.04 bits per heavy atom. The molecule has 4 nitrogen and oxygen atoms in total. The first-order valence-corrected chi connectivity index (χ1v) is 10.7. The van der Waals surface area contributed by atoms with Gasteiger partial charge in [0, 0.05) is 18.4 Å². The van der Waals surface area contributed by atoms with Crippen LogP contribution < -0.4 is 5.32 Å². The fourth-order valence-corrected chi connectivity index (χ4v) is 5.88. The van der Waals surface area contributed by atoms with Crippen LogP contribution in [0.3, 0.4) is 0 Å². The van der Waals surface area contributed by atoms with Gasteiger partial charge >= 0.3 is 0 Å². The lowest BCUT2D eigenvalue weighted by Crippen LogP contribution is -2.43. The molecule has 0 spiro atoms. The molecule has 1 atom stereocenters. The zero-order chi connectivity index (χ0) is 18.4. The standard InChI is InChI=1S/C22H22N2O2S/c25-20(11-24-13-27-12-21(24)26)23-10-14-9-19-15-5-1-3-7-17(15)22(14)18-8-4-2-6-16(18)19/h1-8,14,19,22H,9-13H2,(H,23,25)/t14-,19?,22?/m0/s1. The van der Waals surface area contributed by atoms with Crippen molar-refractivity contribution < 1.29 is 9.59 Å². The van der Waals surface area contributed by atoms with Crippen molar-refractivity contribution >= 4 is 23.6 Å². The third-order valence-electron chi connectivity index (χ3n) is 6.14. The molecule has 0 unspecified atom stereocenters. The molecule has 1 aliphatic heterocycles. The first-order chi connectivity index (χ1) is 13.2. The molecule has 0 aromatic heterocycles. The molecule has 0 radical (unpaired) electrons. The summed E-state index contributed by atoms with van der Waals surface area (Å²) in [5.41, 5.74) is 5.72. The van der Waals surface area contributed by atoms with Gasteiger partial charge in [-0.15, -0.1) is 11.8 Å². The maximum absolute atomic E-state index is 12.4. The van der Waals surface area contributed by atoms with Gasteiger partial charge in [0.05, 0.1) is 11.6 Å². The average Bonchev–Trinajstić information content (AvgIpc) is 3.11. The highest BCUT2D eigenvalue weighted by Gasteiger charge is 2.42. The highest BCUT2D eigenvalue weighted by Crippen LogP contribution is 2.55. The van der Waals surface area contributed by atoms with Gasteiger partial charge in [0.2, 0.25) is 11.8 Å². The molecule has 27 heavy (non-hydrogen) atoms. The minimum Gasteiger partial charge on any atom is -0.354 e. The molecule has 138 valence electrons. The molecule has 3 aliphatic carbocycles. The van der Waals surface area contributed by atoms with E-state index in [1.54, 1.807) is 16.7 Å². The van der Waals surface area contributed by atoms with E-state index in [0.717, 1.165) is 6.42 Å². The molecule has 1 fully saturated rings. The van der Waals surface area contributed by atoms with Crippen molar-refractivity contribution in [2.24, 2.45) is 5.92 Å². The molecule has 5 heteroatoms. The largest absolute Gasteiger partial charge is 0.354 e. The number of carbonyl (C=O) groups excluding carboxylic acids is 2. The van der Waals surface area contributed by atoms with Crippen molar-refractivity contribution in [2.45, 2.75) is 18.3 Å². The summed E-state index contributed by atoms with van der Waals surface area (Å²) >= 11 is 1.57. The van der Waals surface area contributed by atoms with Crippen LogP contribution in [0, 0.1) is 5.92 Å². The highest BCUT2D eigenvalue weighted by molar-refractivity contribution is 8.00. The van der Waals surface area contributed by atoms with Crippen molar-refractivity contribution in [1.82, 2.24) is 10.2 Å². The first-order valence-electron chi connectivity index (χ1n) is 9.52. The molecule has 6 rings (SSSR count). The minimum atomic E-state index is -0.0473. The number of thioether (sulfide) groups is 1. The van der Waals surface area contributed by atoms with Gasteiger partial charge in [-0.25, -0.2) is 0 Å². The van der Waals surface area contributed by atoms with Crippen molar-refractivity contribution in [2.75, 3.05) is 24.7 Å². The lowest BCUT2D eigenvalue weighted by molar-refractivity contribution is -0.132. The molecule has 1 N–H and O–H groups in total. The summed E-state index contributed by atoms with van der Waals surface area (Å²) in [6.45, 7) is 0.845. The number of carbonyl (C=O) groups is 2. The van der Waals surface area contributed by atoms with E-state index in [1.165, 1.54) is 22.3 Å².